The van der Waals surface area contributed by atoms with Crippen molar-refractivity contribution in [3.05, 3.63) is 11.7 Å². The summed E-state index contributed by atoms with van der Waals surface area (Å²) in [5.74, 6) is 1.11. The van der Waals surface area contributed by atoms with E-state index in [0.717, 1.165) is 12.8 Å². The van der Waals surface area contributed by atoms with Crippen LogP contribution in [0.2, 0.25) is 0 Å². The van der Waals surface area contributed by atoms with E-state index in [1.165, 1.54) is 22.7 Å². The summed E-state index contributed by atoms with van der Waals surface area (Å²) in [6, 6.07) is 0. The maximum Gasteiger partial charge on any atom is 0.281 e. The molecule has 1 aromatic heterocycles. The predicted molar refractivity (Wildman–Crippen MR) is 65.2 cm³/mol. The molecule has 1 aromatic rings. The molecule has 0 radical (unpaired) electrons. The van der Waals surface area contributed by atoms with Crippen LogP contribution < -0.4 is 0 Å². The molecule has 0 unspecified atom stereocenters. The lowest BCUT2D eigenvalue weighted by Crippen LogP contribution is -2.44. The normalized spacial score (nSPS) is 22.6. The highest BCUT2D eigenvalue weighted by Crippen LogP contribution is 2.27. The quantitative estimate of drug-likeness (QED) is 0.795. The summed E-state index contributed by atoms with van der Waals surface area (Å²) < 4.78 is 31.9. The summed E-state index contributed by atoms with van der Waals surface area (Å²) in [7, 11) is -0.282. The fraction of sp³-hybridized carbons (Fsp3) is 0.800. The van der Waals surface area contributed by atoms with E-state index in [9.17, 15) is 8.42 Å². The molecule has 1 saturated heterocycles. The highest BCUT2D eigenvalue weighted by atomic mass is 32.2. The van der Waals surface area contributed by atoms with Crippen LogP contribution in [0.4, 0.5) is 0 Å². The van der Waals surface area contributed by atoms with E-state index in [1.807, 2.05) is 0 Å². The molecular weight excluding hydrogens is 256 g/mol. The van der Waals surface area contributed by atoms with Crippen LogP contribution in [-0.2, 0) is 10.2 Å². The van der Waals surface area contributed by atoms with Crippen molar-refractivity contribution >= 4 is 10.2 Å². The van der Waals surface area contributed by atoms with Gasteiger partial charge in [0, 0.05) is 27.2 Å². The Balaban J connectivity index is 2.14. The third-order valence-corrected chi connectivity index (χ3v) is 4.97. The van der Waals surface area contributed by atoms with Crippen molar-refractivity contribution in [3.8, 4) is 0 Å². The topological polar surface area (TPSA) is 79.5 Å². The summed E-state index contributed by atoms with van der Waals surface area (Å²) in [4.78, 5) is 4.18. The van der Waals surface area contributed by atoms with E-state index in [0.29, 0.717) is 24.8 Å². The molecule has 8 heteroatoms. The van der Waals surface area contributed by atoms with E-state index >= 15 is 0 Å². The number of nitrogens with zero attached hydrogens (tertiary/aromatic N) is 4. The van der Waals surface area contributed by atoms with Gasteiger partial charge in [0.05, 0.1) is 5.92 Å². The number of piperidine rings is 1. The van der Waals surface area contributed by atoms with Gasteiger partial charge in [-0.1, -0.05) is 5.16 Å². The van der Waals surface area contributed by atoms with Crippen molar-refractivity contribution in [1.29, 1.82) is 0 Å². The molecule has 1 aliphatic rings. The third kappa shape index (κ3) is 2.55. The summed E-state index contributed by atoms with van der Waals surface area (Å²) in [6.45, 7) is 2.70. The largest absolute Gasteiger partial charge is 0.339 e. The lowest BCUT2D eigenvalue weighted by molar-refractivity contribution is 0.257. The van der Waals surface area contributed by atoms with Crippen molar-refractivity contribution in [2.24, 2.45) is 0 Å². The Bertz CT molecular complexity index is 511. The van der Waals surface area contributed by atoms with Gasteiger partial charge < -0.3 is 4.52 Å². The highest BCUT2D eigenvalue weighted by Gasteiger charge is 2.33. The van der Waals surface area contributed by atoms with Crippen molar-refractivity contribution in [2.45, 2.75) is 25.7 Å². The second-order valence-electron chi connectivity index (χ2n) is 4.67. The van der Waals surface area contributed by atoms with Gasteiger partial charge in [-0.25, -0.2) is 0 Å². The molecule has 0 amide bonds. The minimum atomic E-state index is -3.36. The predicted octanol–water partition coefficient (Wildman–Crippen LogP) is 0.364. The average molecular weight is 274 g/mol. The van der Waals surface area contributed by atoms with Crippen LogP contribution >= 0.6 is 0 Å². The molecule has 0 aliphatic carbocycles. The summed E-state index contributed by atoms with van der Waals surface area (Å²) >= 11 is 0. The second kappa shape index (κ2) is 4.94. The standard InChI is InChI=1S/C10H18N4O3S/c1-8-11-10(17-12-8)9-5-4-6-14(7-9)18(15,16)13(2)3/h9H,4-7H2,1-3H3/t9-/m0/s1. The van der Waals surface area contributed by atoms with Crippen molar-refractivity contribution in [3.63, 3.8) is 0 Å². The Morgan fingerprint density at radius 3 is 2.72 bits per heavy atom. The van der Waals surface area contributed by atoms with Gasteiger partial charge in [0.2, 0.25) is 5.89 Å². The van der Waals surface area contributed by atoms with Crippen molar-refractivity contribution in [1.82, 2.24) is 18.8 Å². The van der Waals surface area contributed by atoms with Crippen LogP contribution in [0.1, 0.15) is 30.5 Å². The van der Waals surface area contributed by atoms with Crippen molar-refractivity contribution in [2.75, 3.05) is 27.2 Å². The number of hydrogen-bond donors (Lipinski definition) is 0. The first-order valence-corrected chi connectivity index (χ1v) is 7.29. The smallest absolute Gasteiger partial charge is 0.281 e. The maximum atomic E-state index is 12.1. The molecule has 18 heavy (non-hydrogen) atoms. The molecule has 0 saturated carbocycles. The fourth-order valence-electron chi connectivity index (χ4n) is 2.06. The zero-order valence-electron chi connectivity index (χ0n) is 10.8. The van der Waals surface area contributed by atoms with Gasteiger partial charge in [0.25, 0.3) is 10.2 Å². The van der Waals surface area contributed by atoms with E-state index in [1.54, 1.807) is 6.92 Å². The van der Waals surface area contributed by atoms with Crippen LogP contribution in [0.5, 0.6) is 0 Å². The van der Waals surface area contributed by atoms with Gasteiger partial charge >= 0.3 is 0 Å². The van der Waals surface area contributed by atoms with Gasteiger partial charge in [0.1, 0.15) is 0 Å². The van der Waals surface area contributed by atoms with Gasteiger partial charge in [0.15, 0.2) is 5.82 Å². The van der Waals surface area contributed by atoms with E-state index in [2.05, 4.69) is 10.1 Å². The zero-order valence-corrected chi connectivity index (χ0v) is 11.6. The number of aromatic nitrogens is 2. The minimum absolute atomic E-state index is 0.00493. The highest BCUT2D eigenvalue weighted by molar-refractivity contribution is 7.86. The van der Waals surface area contributed by atoms with Crippen molar-refractivity contribution < 1.29 is 12.9 Å². The molecule has 0 aromatic carbocycles. The number of hydrogen-bond acceptors (Lipinski definition) is 5. The van der Waals surface area contributed by atoms with Crippen LogP contribution in [0.3, 0.4) is 0 Å². The molecule has 0 N–H and O–H groups in total. The molecule has 0 spiro atoms. The monoisotopic (exact) mass is 274 g/mol. The molecule has 7 nitrogen and oxygen atoms in total. The Labute approximate surface area is 107 Å². The van der Waals surface area contributed by atoms with Crippen LogP contribution in [0.15, 0.2) is 4.52 Å². The lowest BCUT2D eigenvalue weighted by Gasteiger charge is -2.31. The Kier molecular flexibility index (Phi) is 3.69. The molecular formula is C10H18N4O3S. The van der Waals surface area contributed by atoms with E-state index in [4.69, 9.17) is 4.52 Å². The Hall–Kier alpha value is -0.990. The first-order valence-electron chi connectivity index (χ1n) is 5.89. The Morgan fingerprint density at radius 2 is 2.17 bits per heavy atom. The summed E-state index contributed by atoms with van der Waals surface area (Å²) in [5, 5.41) is 3.75. The first-order chi connectivity index (χ1) is 8.41. The zero-order chi connectivity index (χ0) is 13.3. The SMILES string of the molecule is Cc1noc([C@H]2CCCN(S(=O)(=O)N(C)C)C2)n1. The van der Waals surface area contributed by atoms with Gasteiger partial charge in [-0.2, -0.15) is 22.0 Å². The third-order valence-electron chi connectivity index (χ3n) is 3.06. The number of aryl methyl sites for hydroxylation is 1. The summed E-state index contributed by atoms with van der Waals surface area (Å²) in [5.41, 5.74) is 0. The molecule has 1 aliphatic heterocycles. The molecule has 0 bridgehead atoms. The molecule has 1 fully saturated rings. The van der Waals surface area contributed by atoms with Crippen LogP contribution in [-0.4, -0.2) is 54.4 Å². The van der Waals surface area contributed by atoms with Gasteiger partial charge in [-0.3, -0.25) is 0 Å². The fourth-order valence-corrected chi connectivity index (χ4v) is 3.25. The van der Waals surface area contributed by atoms with Crippen LogP contribution in [0, 0.1) is 6.92 Å². The molecule has 2 rings (SSSR count). The van der Waals surface area contributed by atoms with E-state index < -0.39 is 10.2 Å². The molecule has 2 heterocycles. The Morgan fingerprint density at radius 1 is 1.44 bits per heavy atom. The average Bonchev–Trinajstić information content (AvgIpc) is 2.76. The molecule has 1 atom stereocenters. The van der Waals surface area contributed by atoms with Crippen LogP contribution in [0.25, 0.3) is 0 Å². The summed E-state index contributed by atoms with van der Waals surface area (Å²) in [6.07, 6.45) is 1.68. The lowest BCUT2D eigenvalue weighted by atomic mass is 10.00. The van der Waals surface area contributed by atoms with Gasteiger partial charge in [-0.15, -0.1) is 0 Å². The maximum absolute atomic E-state index is 12.1. The first kappa shape index (κ1) is 13.4. The number of rotatable bonds is 3. The minimum Gasteiger partial charge on any atom is -0.339 e. The second-order valence-corrected chi connectivity index (χ2v) is 6.81. The van der Waals surface area contributed by atoms with Gasteiger partial charge in [-0.05, 0) is 19.8 Å². The molecule has 102 valence electrons. The van der Waals surface area contributed by atoms with E-state index in [-0.39, 0.29) is 5.92 Å².